The van der Waals surface area contributed by atoms with Crippen molar-refractivity contribution in [1.29, 1.82) is 0 Å². The first-order valence-corrected chi connectivity index (χ1v) is 3.42. The number of carbonyl (C=O) groups excluding carboxylic acids is 2. The minimum atomic E-state index is -0.620. The van der Waals surface area contributed by atoms with Gasteiger partial charge in [0.1, 0.15) is 0 Å². The van der Waals surface area contributed by atoms with Gasteiger partial charge in [-0.15, -0.1) is 0 Å². The Labute approximate surface area is 66.7 Å². The molecule has 0 spiro atoms. The lowest BCUT2D eigenvalue weighted by atomic mass is 9.97. The fourth-order valence-corrected chi connectivity index (χ4v) is 0.308. The van der Waals surface area contributed by atoms with Crippen LogP contribution in [0, 0.1) is 12.3 Å². The van der Waals surface area contributed by atoms with Crippen LogP contribution in [0.4, 0.5) is 0 Å². The molecule has 0 saturated carbocycles. The molecule has 0 heterocycles. The third-order valence-corrected chi connectivity index (χ3v) is 1.02. The summed E-state index contributed by atoms with van der Waals surface area (Å²) in [6.07, 6.45) is -0.0121. The first kappa shape index (κ1) is 10.1. The van der Waals surface area contributed by atoms with E-state index in [0.29, 0.717) is 0 Å². The van der Waals surface area contributed by atoms with Crippen molar-refractivity contribution in [2.45, 2.75) is 27.2 Å². The zero-order valence-corrected chi connectivity index (χ0v) is 7.14. The van der Waals surface area contributed by atoms with Crippen LogP contribution in [-0.4, -0.2) is 11.9 Å². The lowest BCUT2D eigenvalue weighted by Gasteiger charge is -2.14. The Kier molecular flexibility index (Phi) is 3.23. The number of rotatable bonds is 1. The molecule has 0 unspecified atom stereocenters. The Bertz CT molecular complexity index is 165. The molecular formula is C8H13O3. The Balaban J connectivity index is 3.99. The van der Waals surface area contributed by atoms with Gasteiger partial charge in [0, 0.05) is 6.42 Å². The molecule has 11 heavy (non-hydrogen) atoms. The summed E-state index contributed by atoms with van der Waals surface area (Å²) >= 11 is 0. The van der Waals surface area contributed by atoms with Crippen LogP contribution in [0.1, 0.15) is 27.2 Å². The third-order valence-electron chi connectivity index (χ3n) is 1.02. The highest BCUT2D eigenvalue weighted by atomic mass is 16.6. The molecule has 0 saturated heterocycles. The second-order valence-electron chi connectivity index (χ2n) is 3.26. The molecule has 0 N–H and O–H groups in total. The summed E-state index contributed by atoms with van der Waals surface area (Å²) in [5, 5.41) is 0. The van der Waals surface area contributed by atoms with E-state index in [0.717, 1.165) is 0 Å². The summed E-state index contributed by atoms with van der Waals surface area (Å²) in [6, 6.07) is 0. The molecule has 0 amide bonds. The predicted molar refractivity (Wildman–Crippen MR) is 40.5 cm³/mol. The minimum Gasteiger partial charge on any atom is -0.393 e. The summed E-state index contributed by atoms with van der Waals surface area (Å²) < 4.78 is 4.42. The van der Waals surface area contributed by atoms with Crippen molar-refractivity contribution < 1.29 is 14.3 Å². The van der Waals surface area contributed by atoms with Crippen LogP contribution in [0.2, 0.25) is 0 Å². The van der Waals surface area contributed by atoms with Gasteiger partial charge < -0.3 is 4.74 Å². The molecule has 3 nitrogen and oxygen atoms in total. The Morgan fingerprint density at radius 2 is 1.82 bits per heavy atom. The quantitative estimate of drug-likeness (QED) is 0.426. The van der Waals surface area contributed by atoms with E-state index in [1.165, 1.54) is 0 Å². The van der Waals surface area contributed by atoms with E-state index in [1.807, 2.05) is 0 Å². The Hall–Kier alpha value is -0.860. The standard InChI is InChI=1S/C8H13O3/c1-5-6(9)11-7(10)8(2,3)4/h1,5H2,2-4H3. The second kappa shape index (κ2) is 3.51. The van der Waals surface area contributed by atoms with Gasteiger partial charge in [-0.2, -0.15) is 0 Å². The monoisotopic (exact) mass is 157 g/mol. The van der Waals surface area contributed by atoms with Gasteiger partial charge in [-0.3, -0.25) is 9.59 Å². The molecule has 0 aliphatic carbocycles. The number of carbonyl (C=O) groups is 2. The molecule has 0 rings (SSSR count). The smallest absolute Gasteiger partial charge is 0.318 e. The van der Waals surface area contributed by atoms with Crippen molar-refractivity contribution in [1.82, 2.24) is 0 Å². The van der Waals surface area contributed by atoms with Crippen molar-refractivity contribution in [3.05, 3.63) is 6.92 Å². The van der Waals surface area contributed by atoms with Crippen molar-refractivity contribution in [3.8, 4) is 0 Å². The van der Waals surface area contributed by atoms with Crippen molar-refractivity contribution >= 4 is 11.9 Å². The van der Waals surface area contributed by atoms with Gasteiger partial charge in [-0.05, 0) is 27.7 Å². The average molecular weight is 157 g/mol. The number of esters is 2. The molecule has 63 valence electrons. The maximum absolute atomic E-state index is 11.0. The zero-order valence-electron chi connectivity index (χ0n) is 7.14. The topological polar surface area (TPSA) is 43.4 Å². The van der Waals surface area contributed by atoms with Gasteiger partial charge in [0.2, 0.25) is 0 Å². The van der Waals surface area contributed by atoms with Crippen LogP contribution in [0.25, 0.3) is 0 Å². The van der Waals surface area contributed by atoms with E-state index in [-0.39, 0.29) is 6.42 Å². The van der Waals surface area contributed by atoms with Crippen molar-refractivity contribution in [3.63, 3.8) is 0 Å². The SMILES string of the molecule is [CH2]CC(=O)OC(=O)C(C)(C)C. The van der Waals surface area contributed by atoms with E-state index in [4.69, 9.17) is 0 Å². The lowest BCUT2D eigenvalue weighted by Crippen LogP contribution is -2.25. The number of hydrogen-bond donors (Lipinski definition) is 0. The van der Waals surface area contributed by atoms with Gasteiger partial charge in [0.05, 0.1) is 5.41 Å². The largest absolute Gasteiger partial charge is 0.393 e. The van der Waals surface area contributed by atoms with Gasteiger partial charge in [-0.25, -0.2) is 0 Å². The molecule has 0 aromatic heterocycles. The highest BCUT2D eigenvalue weighted by Crippen LogP contribution is 2.15. The van der Waals surface area contributed by atoms with Crippen LogP contribution < -0.4 is 0 Å². The van der Waals surface area contributed by atoms with E-state index in [1.54, 1.807) is 20.8 Å². The van der Waals surface area contributed by atoms with Crippen LogP contribution in [0.5, 0.6) is 0 Å². The maximum Gasteiger partial charge on any atom is 0.318 e. The highest BCUT2D eigenvalue weighted by Gasteiger charge is 2.24. The molecule has 0 aliphatic heterocycles. The summed E-state index contributed by atoms with van der Waals surface area (Å²) in [6.45, 7) is 8.35. The fraction of sp³-hybridized carbons (Fsp3) is 0.625. The fourth-order valence-electron chi connectivity index (χ4n) is 0.308. The maximum atomic E-state index is 11.0. The van der Waals surface area contributed by atoms with Gasteiger partial charge in [-0.1, -0.05) is 0 Å². The molecular weight excluding hydrogens is 144 g/mol. The highest BCUT2D eigenvalue weighted by molar-refractivity contribution is 5.88. The minimum absolute atomic E-state index is 0.0121. The van der Waals surface area contributed by atoms with E-state index < -0.39 is 17.4 Å². The molecule has 0 bridgehead atoms. The first-order chi connectivity index (χ1) is 4.88. The van der Waals surface area contributed by atoms with Crippen LogP contribution in [0.3, 0.4) is 0 Å². The summed E-state index contributed by atoms with van der Waals surface area (Å²) in [7, 11) is 0. The second-order valence-corrected chi connectivity index (χ2v) is 3.26. The molecule has 0 aliphatic rings. The normalized spacial score (nSPS) is 10.9. The summed E-state index contributed by atoms with van der Waals surface area (Å²) in [4.78, 5) is 21.5. The Morgan fingerprint density at radius 1 is 1.36 bits per heavy atom. The summed E-state index contributed by atoms with van der Waals surface area (Å²) in [5.41, 5.74) is -0.620. The average Bonchev–Trinajstić information content (AvgIpc) is 1.85. The summed E-state index contributed by atoms with van der Waals surface area (Å²) in [5.74, 6) is -1.09. The van der Waals surface area contributed by atoms with Crippen molar-refractivity contribution in [2.24, 2.45) is 5.41 Å². The molecule has 0 aromatic carbocycles. The number of ether oxygens (including phenoxy) is 1. The van der Waals surface area contributed by atoms with Crippen LogP contribution in [-0.2, 0) is 14.3 Å². The van der Waals surface area contributed by atoms with Crippen LogP contribution in [0.15, 0.2) is 0 Å². The molecule has 3 heteroatoms. The van der Waals surface area contributed by atoms with E-state index in [9.17, 15) is 9.59 Å². The van der Waals surface area contributed by atoms with Crippen molar-refractivity contribution in [2.75, 3.05) is 0 Å². The Morgan fingerprint density at radius 3 is 2.09 bits per heavy atom. The van der Waals surface area contributed by atoms with E-state index in [2.05, 4.69) is 11.7 Å². The molecule has 0 aromatic rings. The lowest BCUT2D eigenvalue weighted by molar-refractivity contribution is -0.165. The molecule has 1 radical (unpaired) electrons. The molecule has 0 atom stereocenters. The zero-order chi connectivity index (χ0) is 9.07. The van der Waals surface area contributed by atoms with Crippen LogP contribution >= 0.6 is 0 Å². The third kappa shape index (κ3) is 3.75. The first-order valence-electron chi connectivity index (χ1n) is 3.42. The van der Waals surface area contributed by atoms with Gasteiger partial charge >= 0.3 is 11.9 Å². The molecule has 0 fully saturated rings. The van der Waals surface area contributed by atoms with E-state index >= 15 is 0 Å². The van der Waals surface area contributed by atoms with Gasteiger partial charge in [0.25, 0.3) is 0 Å². The number of hydrogen-bond acceptors (Lipinski definition) is 3. The predicted octanol–water partition coefficient (Wildman–Crippen LogP) is 1.33. The van der Waals surface area contributed by atoms with Gasteiger partial charge in [0.15, 0.2) is 0 Å².